The van der Waals surface area contributed by atoms with Crippen molar-refractivity contribution >= 4 is 34.4 Å². The molecule has 4 amide bonds. The number of halogens is 3. The SMILES string of the molecule is CC(C)(C)[C@H](NC(=O)C(F)(F)F)C(=O)N1C[C@H]2[C@@H]([C@H]1C(=O)NC(C(N)=O)c1nncc3ccccc13)C21CC1. The van der Waals surface area contributed by atoms with Crippen LogP contribution in [0.2, 0.25) is 0 Å². The van der Waals surface area contributed by atoms with Gasteiger partial charge in [-0.3, -0.25) is 19.2 Å². The Kier molecular flexibility index (Phi) is 6.11. The van der Waals surface area contributed by atoms with Gasteiger partial charge in [0.05, 0.1) is 6.20 Å². The van der Waals surface area contributed by atoms with Crippen LogP contribution in [0.5, 0.6) is 0 Å². The van der Waals surface area contributed by atoms with Gasteiger partial charge in [-0.1, -0.05) is 45.0 Å². The van der Waals surface area contributed by atoms with E-state index in [9.17, 15) is 32.3 Å². The van der Waals surface area contributed by atoms with Gasteiger partial charge in [-0.25, -0.2) is 0 Å². The molecule has 1 aromatic carbocycles. The standard InChI is InChI=1S/C26H29F3N6O4/c1-24(2,3)19(33-23(39)26(27,28)29)22(38)35-11-14-15(25(14)8-9-25)18(35)21(37)32-17(20(30)36)16-13-7-5-4-6-12(13)10-31-34-16/h4-7,10,14-15,17-19H,8-9,11H2,1-3H3,(H2,30,36)(H,32,37)(H,33,39)/t14-,15-,17?,18-,19+/m0/s1. The van der Waals surface area contributed by atoms with Crippen molar-refractivity contribution < 1.29 is 32.3 Å². The number of aromatic nitrogens is 2. The van der Waals surface area contributed by atoms with Gasteiger partial charge in [-0.15, -0.1) is 0 Å². The summed E-state index contributed by atoms with van der Waals surface area (Å²) < 4.78 is 39.2. The minimum atomic E-state index is -5.18. The Morgan fingerprint density at radius 1 is 1.10 bits per heavy atom. The first-order chi connectivity index (χ1) is 18.2. The first-order valence-corrected chi connectivity index (χ1v) is 12.6. The summed E-state index contributed by atoms with van der Waals surface area (Å²) in [4.78, 5) is 53.0. The predicted octanol–water partition coefficient (Wildman–Crippen LogP) is 1.60. The normalized spacial score (nSPS) is 24.6. The van der Waals surface area contributed by atoms with E-state index in [2.05, 4.69) is 15.5 Å². The van der Waals surface area contributed by atoms with Crippen molar-refractivity contribution in [2.24, 2.45) is 28.4 Å². The lowest BCUT2D eigenvalue weighted by atomic mass is 9.85. The van der Waals surface area contributed by atoms with Crippen LogP contribution < -0.4 is 16.4 Å². The summed E-state index contributed by atoms with van der Waals surface area (Å²) in [5.41, 5.74) is 4.64. The molecule has 0 radical (unpaired) electrons. The Labute approximate surface area is 221 Å². The number of nitrogens with zero attached hydrogens (tertiary/aromatic N) is 3. The van der Waals surface area contributed by atoms with Crippen LogP contribution in [-0.4, -0.2) is 63.5 Å². The molecule has 10 nitrogen and oxygen atoms in total. The van der Waals surface area contributed by atoms with Crippen molar-refractivity contribution in [1.29, 1.82) is 0 Å². The second-order valence-corrected chi connectivity index (χ2v) is 11.7. The number of hydrogen-bond acceptors (Lipinski definition) is 6. The molecule has 0 bridgehead atoms. The highest BCUT2D eigenvalue weighted by Gasteiger charge is 2.79. The van der Waals surface area contributed by atoms with Crippen LogP contribution in [0.3, 0.4) is 0 Å². The molecule has 1 aromatic heterocycles. The zero-order valence-corrected chi connectivity index (χ0v) is 21.6. The summed E-state index contributed by atoms with van der Waals surface area (Å²) in [6, 6.07) is 3.05. The lowest BCUT2D eigenvalue weighted by Crippen LogP contribution is -2.60. The zero-order chi connectivity index (χ0) is 28.5. The molecule has 2 saturated carbocycles. The lowest BCUT2D eigenvalue weighted by molar-refractivity contribution is -0.176. The van der Waals surface area contributed by atoms with Gasteiger partial charge in [0.1, 0.15) is 17.8 Å². The Morgan fingerprint density at radius 3 is 2.36 bits per heavy atom. The monoisotopic (exact) mass is 546 g/mol. The van der Waals surface area contributed by atoms with E-state index in [4.69, 9.17) is 5.73 Å². The number of amides is 4. The molecular formula is C26H29F3N6O4. The number of primary amides is 1. The van der Waals surface area contributed by atoms with Gasteiger partial charge in [-0.05, 0) is 35.5 Å². The average Bonchev–Trinajstić information content (AvgIpc) is 3.71. The molecule has 3 fully saturated rings. The summed E-state index contributed by atoms with van der Waals surface area (Å²) >= 11 is 0. The van der Waals surface area contributed by atoms with Crippen molar-refractivity contribution in [3.05, 3.63) is 36.2 Å². The number of fused-ring (bicyclic) bond motifs is 4. The number of nitrogens with one attached hydrogen (secondary N) is 2. The van der Waals surface area contributed by atoms with Crippen molar-refractivity contribution in [1.82, 2.24) is 25.7 Å². The van der Waals surface area contributed by atoms with Gasteiger partial charge in [0.2, 0.25) is 17.7 Å². The van der Waals surface area contributed by atoms with Crippen molar-refractivity contribution in [2.75, 3.05) is 6.54 Å². The molecule has 2 aliphatic carbocycles. The first-order valence-electron chi connectivity index (χ1n) is 12.6. The fourth-order valence-electron chi connectivity index (χ4n) is 6.13. The highest BCUT2D eigenvalue weighted by Crippen LogP contribution is 2.78. The van der Waals surface area contributed by atoms with E-state index in [1.165, 1.54) is 31.9 Å². The maximum Gasteiger partial charge on any atom is 0.471 e. The van der Waals surface area contributed by atoms with Crippen LogP contribution in [0.4, 0.5) is 13.2 Å². The molecule has 1 spiro atoms. The number of carbonyl (C=O) groups excluding carboxylic acids is 4. The van der Waals surface area contributed by atoms with Crippen molar-refractivity contribution in [2.45, 2.75) is 57.9 Å². The quantitative estimate of drug-likeness (QED) is 0.502. The molecule has 2 aromatic rings. The minimum Gasteiger partial charge on any atom is -0.368 e. The minimum absolute atomic E-state index is 0.0144. The molecule has 208 valence electrons. The van der Waals surface area contributed by atoms with Crippen molar-refractivity contribution in [3.63, 3.8) is 0 Å². The van der Waals surface area contributed by atoms with E-state index in [0.717, 1.165) is 12.8 Å². The fraction of sp³-hybridized carbons (Fsp3) is 0.538. The second-order valence-electron chi connectivity index (χ2n) is 11.7. The molecule has 5 rings (SSSR count). The summed E-state index contributed by atoms with van der Waals surface area (Å²) in [5, 5.41) is 13.7. The molecule has 1 unspecified atom stereocenters. The Bertz CT molecular complexity index is 1360. The average molecular weight is 547 g/mol. The van der Waals surface area contributed by atoms with Crippen LogP contribution in [-0.2, 0) is 19.2 Å². The van der Waals surface area contributed by atoms with Crippen LogP contribution >= 0.6 is 0 Å². The number of alkyl halides is 3. The number of rotatable bonds is 6. The molecule has 5 atom stereocenters. The lowest BCUT2D eigenvalue weighted by Gasteiger charge is -2.37. The number of piperidine rings is 1. The first kappa shape index (κ1) is 26.8. The Balaban J connectivity index is 1.44. The van der Waals surface area contributed by atoms with Gasteiger partial charge in [-0.2, -0.15) is 23.4 Å². The van der Waals surface area contributed by atoms with E-state index < -0.39 is 53.3 Å². The third-order valence-corrected chi connectivity index (χ3v) is 8.26. The highest BCUT2D eigenvalue weighted by molar-refractivity contribution is 5.97. The number of hydrogen-bond donors (Lipinski definition) is 3. The molecule has 1 saturated heterocycles. The van der Waals surface area contributed by atoms with E-state index in [1.54, 1.807) is 24.3 Å². The number of likely N-dealkylation sites (tertiary alicyclic amines) is 1. The molecule has 4 N–H and O–H groups in total. The second kappa shape index (κ2) is 8.88. The molecular weight excluding hydrogens is 517 g/mol. The van der Waals surface area contributed by atoms with E-state index in [-0.39, 0.29) is 29.5 Å². The molecule has 13 heteroatoms. The molecule has 2 heterocycles. The Morgan fingerprint density at radius 2 is 1.77 bits per heavy atom. The topological polar surface area (TPSA) is 147 Å². The van der Waals surface area contributed by atoms with Gasteiger partial charge in [0.15, 0.2) is 6.04 Å². The smallest absolute Gasteiger partial charge is 0.368 e. The third-order valence-electron chi connectivity index (χ3n) is 8.26. The maximum absolute atomic E-state index is 13.8. The zero-order valence-electron chi connectivity index (χ0n) is 21.6. The molecule has 39 heavy (non-hydrogen) atoms. The third kappa shape index (κ3) is 4.57. The predicted molar refractivity (Wildman–Crippen MR) is 131 cm³/mol. The van der Waals surface area contributed by atoms with Gasteiger partial charge in [0, 0.05) is 17.3 Å². The largest absolute Gasteiger partial charge is 0.471 e. The number of benzene rings is 1. The van der Waals surface area contributed by atoms with Crippen LogP contribution in [0.15, 0.2) is 30.5 Å². The van der Waals surface area contributed by atoms with Gasteiger partial charge < -0.3 is 21.3 Å². The van der Waals surface area contributed by atoms with E-state index in [1.807, 2.05) is 5.32 Å². The summed E-state index contributed by atoms with van der Waals surface area (Å²) in [5.74, 6) is -4.75. The van der Waals surface area contributed by atoms with Crippen LogP contribution in [0, 0.1) is 22.7 Å². The number of nitrogens with two attached hydrogens (primary N) is 1. The summed E-state index contributed by atoms with van der Waals surface area (Å²) in [7, 11) is 0. The van der Waals surface area contributed by atoms with E-state index in [0.29, 0.717) is 10.8 Å². The summed E-state index contributed by atoms with van der Waals surface area (Å²) in [6.07, 6.45) is -1.91. The fourth-order valence-corrected chi connectivity index (χ4v) is 6.13. The molecule has 1 aliphatic heterocycles. The Hall–Kier alpha value is -3.77. The summed E-state index contributed by atoms with van der Waals surface area (Å²) in [6.45, 7) is 4.76. The number of carbonyl (C=O) groups is 4. The van der Waals surface area contributed by atoms with Crippen molar-refractivity contribution in [3.8, 4) is 0 Å². The van der Waals surface area contributed by atoms with E-state index >= 15 is 0 Å². The highest BCUT2D eigenvalue weighted by atomic mass is 19.4. The maximum atomic E-state index is 13.8. The van der Waals surface area contributed by atoms with Crippen LogP contribution in [0.1, 0.15) is 45.3 Å². The molecule has 3 aliphatic rings. The van der Waals surface area contributed by atoms with Crippen LogP contribution in [0.25, 0.3) is 10.8 Å². The van der Waals surface area contributed by atoms with Gasteiger partial charge in [0.25, 0.3) is 0 Å². The van der Waals surface area contributed by atoms with Gasteiger partial charge >= 0.3 is 12.1 Å².